The summed E-state index contributed by atoms with van der Waals surface area (Å²) in [5, 5.41) is 19.0. The minimum atomic E-state index is -0.264. The molecule has 2 aliphatic heterocycles. The van der Waals surface area contributed by atoms with Crippen LogP contribution in [0.2, 0.25) is 0 Å². The van der Waals surface area contributed by atoms with Gasteiger partial charge in [0, 0.05) is 12.5 Å². The van der Waals surface area contributed by atoms with Crippen molar-refractivity contribution < 1.29 is 24.5 Å². The Hall–Kier alpha value is -2.17. The second-order valence-corrected chi connectivity index (χ2v) is 4.49. The summed E-state index contributed by atoms with van der Waals surface area (Å²) in [6.07, 6.45) is 0.139. The van der Waals surface area contributed by atoms with Gasteiger partial charge in [-0.15, -0.1) is 0 Å². The Labute approximate surface area is 103 Å². The molecule has 1 aromatic carbocycles. The van der Waals surface area contributed by atoms with Gasteiger partial charge in [-0.1, -0.05) is 0 Å². The zero-order valence-electron chi connectivity index (χ0n) is 9.77. The van der Waals surface area contributed by atoms with Crippen LogP contribution in [0.25, 0.3) is 5.76 Å². The molecule has 0 amide bonds. The van der Waals surface area contributed by atoms with Gasteiger partial charge in [-0.05, 0) is 13.0 Å². The highest BCUT2D eigenvalue weighted by atomic mass is 16.5. The van der Waals surface area contributed by atoms with E-state index in [4.69, 9.17) is 9.47 Å². The molecule has 0 aliphatic carbocycles. The van der Waals surface area contributed by atoms with E-state index in [1.54, 1.807) is 0 Å². The second kappa shape index (κ2) is 3.66. The molecule has 0 aromatic heterocycles. The van der Waals surface area contributed by atoms with Crippen molar-refractivity contribution in [2.45, 2.75) is 19.4 Å². The van der Waals surface area contributed by atoms with E-state index in [9.17, 15) is 15.0 Å². The number of ketones is 1. The van der Waals surface area contributed by atoms with Gasteiger partial charge in [0.05, 0.1) is 11.1 Å². The molecular formula is C13H12O5. The number of aromatic hydroxyl groups is 2. The van der Waals surface area contributed by atoms with Gasteiger partial charge < -0.3 is 19.7 Å². The number of rotatable bonds is 0. The summed E-state index contributed by atoms with van der Waals surface area (Å²) in [5.41, 5.74) is 0.997. The van der Waals surface area contributed by atoms with Gasteiger partial charge in [0.15, 0.2) is 17.3 Å². The molecule has 0 saturated carbocycles. The Morgan fingerprint density at radius 3 is 2.78 bits per heavy atom. The molecule has 1 atom stereocenters. The molecule has 2 heterocycles. The number of phenolic OH excluding ortho intramolecular Hbond substituents is 2. The number of Topliss-reactive ketones (excluding diaryl/α,β-unsaturated/α-hetero) is 1. The third-order valence-corrected chi connectivity index (χ3v) is 3.10. The van der Waals surface area contributed by atoms with Crippen molar-refractivity contribution in [1.29, 1.82) is 0 Å². The lowest BCUT2D eigenvalue weighted by atomic mass is 9.96. The fraction of sp³-hybridized carbons (Fsp3) is 0.308. The molecule has 0 saturated heterocycles. The topological polar surface area (TPSA) is 76.0 Å². The summed E-state index contributed by atoms with van der Waals surface area (Å²) in [4.78, 5) is 11.9. The lowest BCUT2D eigenvalue weighted by Crippen LogP contribution is -2.28. The average Bonchev–Trinajstić information content (AvgIpc) is 2.30. The summed E-state index contributed by atoms with van der Waals surface area (Å²) >= 11 is 0. The lowest BCUT2D eigenvalue weighted by molar-refractivity contribution is -0.118. The molecule has 5 heteroatoms. The van der Waals surface area contributed by atoms with E-state index in [2.05, 4.69) is 0 Å². The molecule has 94 valence electrons. The van der Waals surface area contributed by atoms with Gasteiger partial charge in [-0.25, -0.2) is 0 Å². The van der Waals surface area contributed by atoms with E-state index in [1.807, 2.05) is 6.92 Å². The summed E-state index contributed by atoms with van der Waals surface area (Å²) in [7, 11) is 0. The van der Waals surface area contributed by atoms with Crippen LogP contribution in [-0.2, 0) is 9.53 Å². The first kappa shape index (κ1) is 11.0. The zero-order chi connectivity index (χ0) is 12.9. The Morgan fingerprint density at radius 2 is 2.00 bits per heavy atom. The predicted octanol–water partition coefficient (Wildman–Crippen LogP) is 1.58. The highest BCUT2D eigenvalue weighted by molar-refractivity contribution is 6.04. The normalized spacial score (nSPS) is 21.8. The Kier molecular flexibility index (Phi) is 2.23. The number of carbonyl (C=O) groups excluding carboxylic acids is 1. The number of ether oxygens (including phenoxy) is 2. The van der Waals surface area contributed by atoms with Gasteiger partial charge in [0.1, 0.15) is 24.2 Å². The highest BCUT2D eigenvalue weighted by Crippen LogP contribution is 2.42. The van der Waals surface area contributed by atoms with Gasteiger partial charge in [0.25, 0.3) is 0 Å². The van der Waals surface area contributed by atoms with Crippen molar-refractivity contribution in [1.82, 2.24) is 0 Å². The largest absolute Gasteiger partial charge is 0.504 e. The zero-order valence-corrected chi connectivity index (χ0v) is 9.77. The van der Waals surface area contributed by atoms with E-state index in [0.29, 0.717) is 29.1 Å². The Morgan fingerprint density at radius 1 is 1.28 bits per heavy atom. The molecule has 0 fully saturated rings. The predicted molar refractivity (Wildman–Crippen MR) is 62.4 cm³/mol. The fourth-order valence-electron chi connectivity index (χ4n) is 2.20. The summed E-state index contributed by atoms with van der Waals surface area (Å²) in [6, 6.07) is 2.67. The summed E-state index contributed by atoms with van der Waals surface area (Å²) in [5.74, 6) is 0.344. The van der Waals surface area contributed by atoms with Crippen LogP contribution in [0.5, 0.6) is 17.2 Å². The van der Waals surface area contributed by atoms with E-state index in [0.717, 1.165) is 0 Å². The molecule has 5 nitrogen and oxygen atoms in total. The number of hydrogen-bond acceptors (Lipinski definition) is 5. The van der Waals surface area contributed by atoms with Gasteiger partial charge in [-0.3, -0.25) is 4.79 Å². The van der Waals surface area contributed by atoms with E-state index >= 15 is 0 Å². The van der Waals surface area contributed by atoms with Crippen LogP contribution in [0.3, 0.4) is 0 Å². The first-order valence-corrected chi connectivity index (χ1v) is 5.68. The maximum Gasteiger partial charge on any atom is 0.169 e. The van der Waals surface area contributed by atoms with E-state index in [-0.39, 0.29) is 30.0 Å². The molecule has 18 heavy (non-hydrogen) atoms. The molecule has 2 N–H and O–H groups in total. The molecule has 1 aromatic rings. The molecule has 2 aliphatic rings. The van der Waals surface area contributed by atoms with Crippen molar-refractivity contribution in [3.05, 3.63) is 23.3 Å². The maximum absolute atomic E-state index is 11.9. The number of fused-ring (bicyclic) bond motifs is 2. The summed E-state index contributed by atoms with van der Waals surface area (Å²) in [6.45, 7) is 1.95. The SMILES string of the molecule is CC1CC(=O)C2=C(O1)c1cc(O)c(O)cc1OC2. The van der Waals surface area contributed by atoms with Crippen LogP contribution in [0, 0.1) is 0 Å². The minimum Gasteiger partial charge on any atom is -0.504 e. The smallest absolute Gasteiger partial charge is 0.169 e. The summed E-state index contributed by atoms with van der Waals surface area (Å²) < 4.78 is 11.1. The highest BCUT2D eigenvalue weighted by Gasteiger charge is 2.33. The Bertz CT molecular complexity index is 573. The Balaban J connectivity index is 2.18. The quantitative estimate of drug-likeness (QED) is 0.682. The molecular weight excluding hydrogens is 236 g/mol. The maximum atomic E-state index is 11.9. The van der Waals surface area contributed by atoms with E-state index < -0.39 is 0 Å². The third kappa shape index (κ3) is 1.51. The molecule has 0 spiro atoms. The van der Waals surface area contributed by atoms with Gasteiger partial charge in [0.2, 0.25) is 0 Å². The van der Waals surface area contributed by atoms with Crippen molar-refractivity contribution in [3.63, 3.8) is 0 Å². The number of phenols is 2. The van der Waals surface area contributed by atoms with Crippen LogP contribution in [0.1, 0.15) is 18.9 Å². The number of carbonyl (C=O) groups is 1. The van der Waals surface area contributed by atoms with Crippen LogP contribution >= 0.6 is 0 Å². The molecule has 0 radical (unpaired) electrons. The standard InChI is InChI=1S/C13H12O5/c1-6-2-9(14)8-5-17-12-4-11(16)10(15)3-7(12)13(8)18-6/h3-4,6,15-16H,2,5H2,1H3. The number of hydrogen-bond donors (Lipinski definition) is 2. The minimum absolute atomic E-state index is 0.00182. The number of benzene rings is 1. The lowest BCUT2D eigenvalue weighted by Gasteiger charge is -2.30. The van der Waals surface area contributed by atoms with Crippen molar-refractivity contribution in [2.75, 3.05) is 6.61 Å². The van der Waals surface area contributed by atoms with Crippen LogP contribution in [-0.4, -0.2) is 28.7 Å². The molecule has 1 unspecified atom stereocenters. The second-order valence-electron chi connectivity index (χ2n) is 4.49. The monoisotopic (exact) mass is 248 g/mol. The van der Waals surface area contributed by atoms with Crippen molar-refractivity contribution in [2.24, 2.45) is 0 Å². The average molecular weight is 248 g/mol. The van der Waals surface area contributed by atoms with E-state index in [1.165, 1.54) is 12.1 Å². The first-order valence-electron chi connectivity index (χ1n) is 5.68. The van der Waals surface area contributed by atoms with Crippen molar-refractivity contribution in [3.8, 4) is 17.2 Å². The van der Waals surface area contributed by atoms with Crippen LogP contribution in [0.15, 0.2) is 17.7 Å². The van der Waals surface area contributed by atoms with Crippen LogP contribution in [0.4, 0.5) is 0 Å². The molecule has 3 rings (SSSR count). The third-order valence-electron chi connectivity index (χ3n) is 3.10. The fourth-order valence-corrected chi connectivity index (χ4v) is 2.20. The van der Waals surface area contributed by atoms with Crippen LogP contribution < -0.4 is 4.74 Å². The van der Waals surface area contributed by atoms with Gasteiger partial charge >= 0.3 is 0 Å². The molecule has 0 bridgehead atoms. The van der Waals surface area contributed by atoms with Gasteiger partial charge in [-0.2, -0.15) is 0 Å². The van der Waals surface area contributed by atoms with Crippen molar-refractivity contribution >= 4 is 11.5 Å². The first-order chi connectivity index (χ1) is 8.56.